The monoisotopic (exact) mass is 280 g/mol. The Morgan fingerprint density at radius 1 is 1.10 bits per heavy atom. The maximum Gasteiger partial charge on any atom is 0.245 e. The van der Waals surface area contributed by atoms with Crippen LogP contribution < -0.4 is 5.32 Å². The lowest BCUT2D eigenvalue weighted by Crippen LogP contribution is -2.63. The van der Waals surface area contributed by atoms with E-state index in [0.717, 1.165) is 12.5 Å². The molecule has 2 atom stereocenters. The maximum absolute atomic E-state index is 12.5. The quantitative estimate of drug-likeness (QED) is 0.859. The number of nitrogens with one attached hydrogen (secondary N) is 1. The van der Waals surface area contributed by atoms with E-state index in [9.17, 15) is 9.59 Å². The molecule has 4 nitrogen and oxygen atoms in total. The van der Waals surface area contributed by atoms with Crippen molar-refractivity contribution in [3.05, 3.63) is 0 Å². The van der Waals surface area contributed by atoms with Gasteiger partial charge >= 0.3 is 0 Å². The Hall–Kier alpha value is -1.06. The molecule has 114 valence electrons. The molecule has 0 aromatic rings. The highest BCUT2D eigenvalue weighted by molar-refractivity contribution is 5.96. The van der Waals surface area contributed by atoms with Crippen LogP contribution in [0, 0.1) is 11.8 Å². The summed E-state index contributed by atoms with van der Waals surface area (Å²) >= 11 is 0. The van der Waals surface area contributed by atoms with Crippen LogP contribution in [0.2, 0.25) is 0 Å². The summed E-state index contributed by atoms with van der Waals surface area (Å²) < 4.78 is 0. The van der Waals surface area contributed by atoms with E-state index in [-0.39, 0.29) is 23.9 Å². The molecule has 1 aliphatic carbocycles. The molecule has 1 aliphatic heterocycles. The van der Waals surface area contributed by atoms with E-state index in [4.69, 9.17) is 0 Å². The Balaban J connectivity index is 2.04. The average Bonchev–Trinajstić information content (AvgIpc) is 2.45. The number of hydrogen-bond donors (Lipinski definition) is 1. The zero-order chi connectivity index (χ0) is 14.7. The SMILES string of the molecule is CCC1NC(=O)C(CC)N(CC2CCC(C)CC2)C1=O. The summed E-state index contributed by atoms with van der Waals surface area (Å²) in [5.74, 6) is 1.55. The van der Waals surface area contributed by atoms with E-state index in [0.29, 0.717) is 18.8 Å². The molecule has 2 fully saturated rings. The summed E-state index contributed by atoms with van der Waals surface area (Å²) in [6.45, 7) is 7.01. The van der Waals surface area contributed by atoms with Crippen molar-refractivity contribution in [2.75, 3.05) is 6.54 Å². The van der Waals surface area contributed by atoms with Crippen molar-refractivity contribution in [1.82, 2.24) is 10.2 Å². The van der Waals surface area contributed by atoms with Crippen LogP contribution in [0.1, 0.15) is 59.3 Å². The third-order valence-electron chi connectivity index (χ3n) is 4.96. The lowest BCUT2D eigenvalue weighted by Gasteiger charge is -2.41. The van der Waals surface area contributed by atoms with Gasteiger partial charge in [0.05, 0.1) is 0 Å². The molecular weight excluding hydrogens is 252 g/mol. The zero-order valence-corrected chi connectivity index (χ0v) is 13.0. The number of hydrogen-bond acceptors (Lipinski definition) is 2. The van der Waals surface area contributed by atoms with E-state index in [1.165, 1.54) is 25.7 Å². The first-order chi connectivity index (χ1) is 9.56. The molecule has 1 N–H and O–H groups in total. The number of piperazine rings is 1. The molecule has 2 aliphatic rings. The molecule has 2 rings (SSSR count). The molecule has 0 spiro atoms. The highest BCUT2D eigenvalue weighted by Crippen LogP contribution is 2.30. The molecular formula is C16H28N2O2. The van der Waals surface area contributed by atoms with Gasteiger partial charge in [0.25, 0.3) is 0 Å². The van der Waals surface area contributed by atoms with Gasteiger partial charge in [-0.15, -0.1) is 0 Å². The minimum atomic E-state index is -0.312. The smallest absolute Gasteiger partial charge is 0.245 e. The average molecular weight is 280 g/mol. The van der Waals surface area contributed by atoms with Crippen LogP contribution >= 0.6 is 0 Å². The lowest BCUT2D eigenvalue weighted by molar-refractivity contribution is -0.150. The zero-order valence-electron chi connectivity index (χ0n) is 13.0. The maximum atomic E-state index is 12.5. The van der Waals surface area contributed by atoms with Crippen LogP contribution in [0.5, 0.6) is 0 Å². The Labute approximate surface area is 122 Å². The largest absolute Gasteiger partial charge is 0.343 e. The summed E-state index contributed by atoms with van der Waals surface area (Å²) in [7, 11) is 0. The van der Waals surface area contributed by atoms with Crippen molar-refractivity contribution in [1.29, 1.82) is 0 Å². The molecule has 2 unspecified atom stereocenters. The van der Waals surface area contributed by atoms with E-state index < -0.39 is 0 Å². The number of nitrogens with zero attached hydrogens (tertiary/aromatic N) is 1. The van der Waals surface area contributed by atoms with Gasteiger partial charge in [0, 0.05) is 6.54 Å². The minimum absolute atomic E-state index is 0.0307. The van der Waals surface area contributed by atoms with Gasteiger partial charge in [-0.25, -0.2) is 0 Å². The van der Waals surface area contributed by atoms with Crippen LogP contribution in [-0.4, -0.2) is 35.3 Å². The summed E-state index contributed by atoms with van der Waals surface area (Å²) in [6, 6.07) is -0.572. The molecule has 0 bridgehead atoms. The number of amides is 2. The molecule has 1 saturated carbocycles. The van der Waals surface area contributed by atoms with E-state index >= 15 is 0 Å². The van der Waals surface area contributed by atoms with Gasteiger partial charge in [0.1, 0.15) is 12.1 Å². The molecule has 1 heterocycles. The van der Waals surface area contributed by atoms with Crippen molar-refractivity contribution < 1.29 is 9.59 Å². The summed E-state index contributed by atoms with van der Waals surface area (Å²) in [5, 5.41) is 2.86. The second kappa shape index (κ2) is 6.59. The lowest BCUT2D eigenvalue weighted by atomic mass is 9.82. The van der Waals surface area contributed by atoms with Gasteiger partial charge < -0.3 is 10.2 Å². The molecule has 2 amide bonds. The fourth-order valence-corrected chi connectivity index (χ4v) is 3.51. The molecule has 0 aromatic carbocycles. The van der Waals surface area contributed by atoms with Crippen LogP contribution in [0.4, 0.5) is 0 Å². The second-order valence-electron chi connectivity index (χ2n) is 6.51. The van der Waals surface area contributed by atoms with Crippen LogP contribution in [0.3, 0.4) is 0 Å². The summed E-state index contributed by atoms with van der Waals surface area (Å²) in [6.07, 6.45) is 6.29. The summed E-state index contributed by atoms with van der Waals surface area (Å²) in [5.41, 5.74) is 0. The highest BCUT2D eigenvalue weighted by atomic mass is 16.2. The van der Waals surface area contributed by atoms with Crippen molar-refractivity contribution in [3.63, 3.8) is 0 Å². The number of carbonyl (C=O) groups is 2. The fourth-order valence-electron chi connectivity index (χ4n) is 3.51. The first kappa shape index (κ1) is 15.3. The topological polar surface area (TPSA) is 49.4 Å². The Morgan fingerprint density at radius 3 is 2.30 bits per heavy atom. The first-order valence-electron chi connectivity index (χ1n) is 8.17. The normalized spacial score (nSPS) is 35.0. The van der Waals surface area contributed by atoms with Gasteiger partial charge in [-0.05, 0) is 37.5 Å². The predicted octanol–water partition coefficient (Wildman–Crippen LogP) is 2.33. The van der Waals surface area contributed by atoms with Gasteiger partial charge in [-0.2, -0.15) is 0 Å². The van der Waals surface area contributed by atoms with Crippen molar-refractivity contribution in [3.8, 4) is 0 Å². The summed E-state index contributed by atoms with van der Waals surface area (Å²) in [4.78, 5) is 26.5. The van der Waals surface area contributed by atoms with Crippen molar-refractivity contribution in [2.24, 2.45) is 11.8 Å². The van der Waals surface area contributed by atoms with E-state index in [1.54, 1.807) is 0 Å². The Morgan fingerprint density at radius 2 is 1.75 bits per heavy atom. The van der Waals surface area contributed by atoms with Gasteiger partial charge in [-0.3, -0.25) is 9.59 Å². The Kier molecular flexibility index (Phi) is 5.06. The predicted molar refractivity (Wildman–Crippen MR) is 79.1 cm³/mol. The molecule has 4 heteroatoms. The standard InChI is InChI=1S/C16H28N2O2/c1-4-13-16(20)18(14(5-2)15(19)17-13)10-12-8-6-11(3)7-9-12/h11-14H,4-10H2,1-3H3,(H,17,19). The van der Waals surface area contributed by atoms with Crippen LogP contribution in [-0.2, 0) is 9.59 Å². The van der Waals surface area contributed by atoms with Gasteiger partial charge in [0.2, 0.25) is 11.8 Å². The minimum Gasteiger partial charge on any atom is -0.343 e. The van der Waals surface area contributed by atoms with E-state index in [1.807, 2.05) is 18.7 Å². The molecule has 0 radical (unpaired) electrons. The third-order valence-corrected chi connectivity index (χ3v) is 4.96. The van der Waals surface area contributed by atoms with Gasteiger partial charge in [-0.1, -0.05) is 33.6 Å². The fraction of sp³-hybridized carbons (Fsp3) is 0.875. The molecule has 1 saturated heterocycles. The Bertz CT molecular complexity index is 361. The second-order valence-corrected chi connectivity index (χ2v) is 6.51. The first-order valence-corrected chi connectivity index (χ1v) is 8.17. The number of carbonyl (C=O) groups excluding carboxylic acids is 2. The third kappa shape index (κ3) is 3.15. The van der Waals surface area contributed by atoms with Crippen molar-refractivity contribution in [2.45, 2.75) is 71.4 Å². The van der Waals surface area contributed by atoms with Crippen LogP contribution in [0.25, 0.3) is 0 Å². The molecule has 0 aromatic heterocycles. The molecule has 20 heavy (non-hydrogen) atoms. The van der Waals surface area contributed by atoms with Crippen molar-refractivity contribution >= 4 is 11.8 Å². The highest BCUT2D eigenvalue weighted by Gasteiger charge is 2.39. The van der Waals surface area contributed by atoms with E-state index in [2.05, 4.69) is 12.2 Å². The number of rotatable bonds is 4. The van der Waals surface area contributed by atoms with Crippen LogP contribution in [0.15, 0.2) is 0 Å². The van der Waals surface area contributed by atoms with Gasteiger partial charge in [0.15, 0.2) is 0 Å².